The van der Waals surface area contributed by atoms with Crippen molar-refractivity contribution in [3.8, 4) is 5.69 Å². The number of hydrogen-bond donors (Lipinski definition) is 1. The highest BCUT2D eigenvalue weighted by Crippen LogP contribution is 2.23. The largest absolute Gasteiger partial charge is 0.467 e. The van der Waals surface area contributed by atoms with Gasteiger partial charge in [-0.1, -0.05) is 30.3 Å². The van der Waals surface area contributed by atoms with Crippen LogP contribution in [0.5, 0.6) is 0 Å². The summed E-state index contributed by atoms with van der Waals surface area (Å²) in [6.45, 7) is 3.97. The van der Waals surface area contributed by atoms with Gasteiger partial charge >= 0.3 is 0 Å². The number of furan rings is 1. The third-order valence-electron chi connectivity index (χ3n) is 4.62. The Bertz CT molecular complexity index is 1070. The van der Waals surface area contributed by atoms with Gasteiger partial charge in [0.15, 0.2) is 0 Å². The number of aromatic nitrogens is 2. The fourth-order valence-electron chi connectivity index (χ4n) is 3.28. The molecule has 0 radical (unpaired) electrons. The molecule has 5 nitrogen and oxygen atoms in total. The van der Waals surface area contributed by atoms with E-state index in [4.69, 9.17) is 4.42 Å². The highest BCUT2D eigenvalue weighted by atomic mass is 16.3. The SMILES string of the molecule is Cc1cc(C)n(-c2ccc(C(=O)NC(c3ccccc3)c3ccco3)cc2)n1. The third-order valence-corrected chi connectivity index (χ3v) is 4.62. The molecule has 0 aliphatic rings. The Balaban J connectivity index is 1.57. The summed E-state index contributed by atoms with van der Waals surface area (Å²) in [5.41, 5.74) is 4.48. The topological polar surface area (TPSA) is 60.1 Å². The molecule has 0 saturated carbocycles. The molecule has 2 aromatic heterocycles. The Morgan fingerprint density at radius 1 is 1.00 bits per heavy atom. The van der Waals surface area contributed by atoms with Crippen molar-refractivity contribution in [3.05, 3.63) is 107 Å². The van der Waals surface area contributed by atoms with E-state index in [-0.39, 0.29) is 11.9 Å². The summed E-state index contributed by atoms with van der Waals surface area (Å²) in [6, 6.07) is 22.6. The first-order chi connectivity index (χ1) is 13.6. The summed E-state index contributed by atoms with van der Waals surface area (Å²) in [4.78, 5) is 12.9. The molecule has 4 rings (SSSR count). The van der Waals surface area contributed by atoms with Crippen LogP contribution in [0.15, 0.2) is 83.5 Å². The molecule has 5 heteroatoms. The number of benzene rings is 2. The average Bonchev–Trinajstić information content (AvgIpc) is 3.36. The van der Waals surface area contributed by atoms with E-state index in [1.165, 1.54) is 0 Å². The van der Waals surface area contributed by atoms with Crippen molar-refractivity contribution >= 4 is 5.91 Å². The van der Waals surface area contributed by atoms with E-state index in [9.17, 15) is 4.79 Å². The number of nitrogens with one attached hydrogen (secondary N) is 1. The van der Waals surface area contributed by atoms with Gasteiger partial charge in [-0.15, -0.1) is 0 Å². The van der Waals surface area contributed by atoms with Gasteiger partial charge in [-0.05, 0) is 61.9 Å². The second kappa shape index (κ2) is 7.56. The minimum absolute atomic E-state index is 0.162. The van der Waals surface area contributed by atoms with Crippen LogP contribution >= 0.6 is 0 Å². The predicted octanol–water partition coefficient (Wildman–Crippen LogP) is 4.60. The van der Waals surface area contributed by atoms with Crippen LogP contribution in [0.4, 0.5) is 0 Å². The van der Waals surface area contributed by atoms with Crippen LogP contribution in [-0.2, 0) is 0 Å². The van der Waals surface area contributed by atoms with Crippen LogP contribution in [0.2, 0.25) is 0 Å². The number of amides is 1. The number of rotatable bonds is 5. The Kier molecular flexibility index (Phi) is 4.81. The van der Waals surface area contributed by atoms with E-state index >= 15 is 0 Å². The summed E-state index contributed by atoms with van der Waals surface area (Å²) in [5, 5.41) is 7.55. The zero-order valence-corrected chi connectivity index (χ0v) is 15.8. The predicted molar refractivity (Wildman–Crippen MR) is 107 cm³/mol. The molecule has 0 fully saturated rings. The zero-order chi connectivity index (χ0) is 19.5. The molecule has 2 heterocycles. The van der Waals surface area contributed by atoms with E-state index in [0.717, 1.165) is 22.6 Å². The average molecular weight is 371 g/mol. The van der Waals surface area contributed by atoms with E-state index in [0.29, 0.717) is 11.3 Å². The molecular formula is C23H21N3O2. The van der Waals surface area contributed by atoms with Crippen molar-refractivity contribution in [2.45, 2.75) is 19.9 Å². The van der Waals surface area contributed by atoms with Crippen molar-refractivity contribution in [1.29, 1.82) is 0 Å². The minimum Gasteiger partial charge on any atom is -0.467 e. The lowest BCUT2D eigenvalue weighted by Crippen LogP contribution is -2.29. The molecular weight excluding hydrogens is 350 g/mol. The van der Waals surface area contributed by atoms with Gasteiger partial charge in [0.1, 0.15) is 11.8 Å². The number of nitrogens with zero attached hydrogens (tertiary/aromatic N) is 2. The first-order valence-electron chi connectivity index (χ1n) is 9.15. The fourth-order valence-corrected chi connectivity index (χ4v) is 3.28. The molecule has 1 N–H and O–H groups in total. The Labute approximate surface area is 163 Å². The molecule has 140 valence electrons. The van der Waals surface area contributed by atoms with Gasteiger partial charge in [0.05, 0.1) is 17.6 Å². The quantitative estimate of drug-likeness (QED) is 0.558. The normalized spacial score (nSPS) is 11.9. The van der Waals surface area contributed by atoms with Crippen molar-refractivity contribution < 1.29 is 9.21 Å². The Morgan fingerprint density at radius 3 is 2.36 bits per heavy atom. The molecule has 0 spiro atoms. The maximum Gasteiger partial charge on any atom is 0.252 e. The van der Waals surface area contributed by atoms with Gasteiger partial charge in [0, 0.05) is 11.3 Å². The lowest BCUT2D eigenvalue weighted by atomic mass is 10.0. The summed E-state index contributed by atoms with van der Waals surface area (Å²) in [5.74, 6) is 0.531. The maximum atomic E-state index is 12.9. The number of carbonyl (C=O) groups is 1. The van der Waals surface area contributed by atoms with Crippen LogP contribution in [0.1, 0.15) is 39.1 Å². The van der Waals surface area contributed by atoms with Gasteiger partial charge in [-0.3, -0.25) is 4.79 Å². The molecule has 4 aromatic rings. The van der Waals surface area contributed by atoms with Crippen LogP contribution in [0, 0.1) is 13.8 Å². The van der Waals surface area contributed by atoms with Gasteiger partial charge in [-0.2, -0.15) is 5.10 Å². The zero-order valence-electron chi connectivity index (χ0n) is 15.8. The first kappa shape index (κ1) is 17.8. The van der Waals surface area contributed by atoms with Gasteiger partial charge in [0.2, 0.25) is 0 Å². The van der Waals surface area contributed by atoms with Gasteiger partial charge < -0.3 is 9.73 Å². The fraction of sp³-hybridized carbons (Fsp3) is 0.130. The molecule has 28 heavy (non-hydrogen) atoms. The summed E-state index contributed by atoms with van der Waals surface area (Å²) in [6.07, 6.45) is 1.61. The van der Waals surface area contributed by atoms with Gasteiger partial charge in [0.25, 0.3) is 5.91 Å². The van der Waals surface area contributed by atoms with Crippen molar-refractivity contribution in [2.75, 3.05) is 0 Å². The third kappa shape index (κ3) is 3.60. The lowest BCUT2D eigenvalue weighted by molar-refractivity contribution is 0.0939. The number of aryl methyl sites for hydroxylation is 2. The highest BCUT2D eigenvalue weighted by Gasteiger charge is 2.20. The van der Waals surface area contributed by atoms with Crippen molar-refractivity contribution in [1.82, 2.24) is 15.1 Å². The number of carbonyl (C=O) groups excluding carboxylic acids is 1. The highest BCUT2D eigenvalue weighted by molar-refractivity contribution is 5.94. The summed E-state index contributed by atoms with van der Waals surface area (Å²) >= 11 is 0. The smallest absolute Gasteiger partial charge is 0.252 e. The second-order valence-corrected chi connectivity index (χ2v) is 6.72. The summed E-state index contributed by atoms with van der Waals surface area (Å²) < 4.78 is 7.42. The molecule has 0 aliphatic heterocycles. The van der Waals surface area contributed by atoms with Crippen LogP contribution in [0.25, 0.3) is 5.69 Å². The monoisotopic (exact) mass is 371 g/mol. The standard InChI is InChI=1S/C23H21N3O2/c1-16-15-17(2)26(25-16)20-12-10-19(11-13-20)23(27)24-22(21-9-6-14-28-21)18-7-4-3-5-8-18/h3-15,22H,1-2H3,(H,24,27). The molecule has 0 bridgehead atoms. The molecule has 0 saturated heterocycles. The minimum atomic E-state index is -0.348. The number of hydrogen-bond acceptors (Lipinski definition) is 3. The molecule has 0 aliphatic carbocycles. The van der Waals surface area contributed by atoms with E-state index in [2.05, 4.69) is 10.4 Å². The lowest BCUT2D eigenvalue weighted by Gasteiger charge is -2.17. The van der Waals surface area contributed by atoms with E-state index in [1.807, 2.05) is 91.3 Å². The Morgan fingerprint density at radius 2 is 1.75 bits per heavy atom. The van der Waals surface area contributed by atoms with Crippen LogP contribution in [-0.4, -0.2) is 15.7 Å². The van der Waals surface area contributed by atoms with Crippen LogP contribution < -0.4 is 5.32 Å². The summed E-state index contributed by atoms with van der Waals surface area (Å²) in [7, 11) is 0. The van der Waals surface area contributed by atoms with Crippen LogP contribution in [0.3, 0.4) is 0 Å². The molecule has 1 unspecified atom stereocenters. The molecule has 1 amide bonds. The second-order valence-electron chi connectivity index (χ2n) is 6.72. The molecule has 1 atom stereocenters. The van der Waals surface area contributed by atoms with E-state index < -0.39 is 0 Å². The van der Waals surface area contributed by atoms with Gasteiger partial charge in [-0.25, -0.2) is 4.68 Å². The van der Waals surface area contributed by atoms with Crippen molar-refractivity contribution in [2.24, 2.45) is 0 Å². The maximum absolute atomic E-state index is 12.9. The van der Waals surface area contributed by atoms with Crippen molar-refractivity contribution in [3.63, 3.8) is 0 Å². The van der Waals surface area contributed by atoms with E-state index in [1.54, 1.807) is 6.26 Å². The first-order valence-corrected chi connectivity index (χ1v) is 9.15. The molecule has 2 aromatic carbocycles. The Hall–Kier alpha value is -3.60.